The van der Waals surface area contributed by atoms with Crippen molar-refractivity contribution in [1.82, 2.24) is 0 Å². The molecule has 0 radical (unpaired) electrons. The topological polar surface area (TPSA) is 92.7 Å². The van der Waals surface area contributed by atoms with Crippen LogP contribution in [0.1, 0.15) is 12.5 Å². The minimum atomic E-state index is -1.50. The molecular weight excluding hydrogens is 330 g/mol. The van der Waals surface area contributed by atoms with Crippen molar-refractivity contribution < 1.29 is 24.2 Å². The largest absolute Gasteiger partial charge is 0.477 e. The Balaban J connectivity index is 2.67. The third-order valence-corrected chi connectivity index (χ3v) is 3.16. The van der Waals surface area contributed by atoms with Crippen LogP contribution in [-0.4, -0.2) is 29.6 Å². The highest BCUT2D eigenvalue weighted by Gasteiger charge is 2.34. The SMILES string of the molecule is CCOC(=O)C(C(=O)O)=C1C(=O)Nc2ccc(Br)cc21. The second kappa shape index (κ2) is 5.46. The third-order valence-electron chi connectivity index (χ3n) is 2.67. The van der Waals surface area contributed by atoms with Crippen molar-refractivity contribution in [2.75, 3.05) is 11.9 Å². The van der Waals surface area contributed by atoms with Crippen molar-refractivity contribution in [3.63, 3.8) is 0 Å². The van der Waals surface area contributed by atoms with E-state index < -0.39 is 23.4 Å². The maximum atomic E-state index is 11.9. The fourth-order valence-corrected chi connectivity index (χ4v) is 2.25. The molecule has 7 heteroatoms. The van der Waals surface area contributed by atoms with Gasteiger partial charge in [0, 0.05) is 15.7 Å². The zero-order valence-corrected chi connectivity index (χ0v) is 12.0. The van der Waals surface area contributed by atoms with Gasteiger partial charge >= 0.3 is 11.9 Å². The Morgan fingerprint density at radius 1 is 1.40 bits per heavy atom. The Bertz CT molecular complexity index is 650. The van der Waals surface area contributed by atoms with Gasteiger partial charge < -0.3 is 15.2 Å². The van der Waals surface area contributed by atoms with E-state index in [1.54, 1.807) is 25.1 Å². The van der Waals surface area contributed by atoms with E-state index in [0.29, 0.717) is 15.7 Å². The summed E-state index contributed by atoms with van der Waals surface area (Å²) in [5.41, 5.74) is -0.0421. The number of amides is 1. The average molecular weight is 340 g/mol. The number of carboxylic acids is 1. The number of carbonyl (C=O) groups excluding carboxylic acids is 2. The van der Waals surface area contributed by atoms with Gasteiger partial charge in [0.15, 0.2) is 5.57 Å². The number of fused-ring (bicyclic) bond motifs is 1. The molecule has 1 heterocycles. The number of anilines is 1. The van der Waals surface area contributed by atoms with E-state index in [4.69, 9.17) is 4.74 Å². The van der Waals surface area contributed by atoms with E-state index in [1.807, 2.05) is 0 Å². The number of hydrogen-bond donors (Lipinski definition) is 2. The maximum absolute atomic E-state index is 11.9. The molecule has 1 aliphatic heterocycles. The standard InChI is InChI=1S/C13H10BrNO5/c1-2-20-13(19)10(12(17)18)9-7-5-6(14)3-4-8(7)15-11(9)16/h3-5H,2H2,1H3,(H,15,16)(H,17,18). The lowest BCUT2D eigenvalue weighted by Gasteiger charge is -2.06. The van der Waals surface area contributed by atoms with E-state index >= 15 is 0 Å². The fraction of sp³-hybridized carbons (Fsp3) is 0.154. The van der Waals surface area contributed by atoms with Crippen LogP contribution < -0.4 is 5.32 Å². The van der Waals surface area contributed by atoms with Crippen molar-refractivity contribution >= 4 is 45.0 Å². The number of hydrogen-bond acceptors (Lipinski definition) is 4. The Labute approximate surface area is 122 Å². The molecule has 20 heavy (non-hydrogen) atoms. The van der Waals surface area contributed by atoms with Crippen molar-refractivity contribution in [3.05, 3.63) is 33.8 Å². The molecule has 1 aromatic rings. The minimum absolute atomic E-state index is 0.0237. The second-order valence-electron chi connectivity index (χ2n) is 3.92. The van der Waals surface area contributed by atoms with E-state index in [0.717, 1.165) is 0 Å². The molecule has 0 aromatic heterocycles. The van der Waals surface area contributed by atoms with Gasteiger partial charge in [0.2, 0.25) is 0 Å². The molecule has 1 aromatic carbocycles. The summed E-state index contributed by atoms with van der Waals surface area (Å²) in [6.07, 6.45) is 0. The van der Waals surface area contributed by atoms with Crippen LogP contribution in [0, 0.1) is 0 Å². The number of aliphatic carboxylic acids is 1. The van der Waals surface area contributed by atoms with Gasteiger partial charge in [0.25, 0.3) is 5.91 Å². The van der Waals surface area contributed by atoms with Crippen LogP contribution in [-0.2, 0) is 19.1 Å². The smallest absolute Gasteiger partial charge is 0.346 e. The van der Waals surface area contributed by atoms with Crippen LogP contribution >= 0.6 is 15.9 Å². The summed E-state index contributed by atoms with van der Waals surface area (Å²) in [4.78, 5) is 35.0. The third kappa shape index (κ3) is 2.44. The second-order valence-corrected chi connectivity index (χ2v) is 4.84. The lowest BCUT2D eigenvalue weighted by Crippen LogP contribution is -2.20. The zero-order valence-electron chi connectivity index (χ0n) is 10.4. The van der Waals surface area contributed by atoms with Gasteiger partial charge in [-0.3, -0.25) is 4.79 Å². The molecule has 0 saturated carbocycles. The molecule has 0 unspecified atom stereocenters. The summed E-state index contributed by atoms with van der Waals surface area (Å²) in [7, 11) is 0. The normalized spacial score (nSPS) is 15.4. The Hall–Kier alpha value is -2.15. The number of nitrogens with one attached hydrogen (secondary N) is 1. The van der Waals surface area contributed by atoms with Gasteiger partial charge in [0.05, 0.1) is 12.2 Å². The predicted molar refractivity (Wildman–Crippen MR) is 74.0 cm³/mol. The van der Waals surface area contributed by atoms with Crippen LogP contribution in [0.2, 0.25) is 0 Å². The number of esters is 1. The molecule has 0 aliphatic carbocycles. The first-order valence-corrected chi connectivity index (χ1v) is 6.51. The summed E-state index contributed by atoms with van der Waals surface area (Å²) in [5.74, 6) is -3.16. The Morgan fingerprint density at radius 3 is 2.70 bits per heavy atom. The highest BCUT2D eigenvalue weighted by atomic mass is 79.9. The van der Waals surface area contributed by atoms with Gasteiger partial charge in [-0.05, 0) is 25.1 Å². The van der Waals surface area contributed by atoms with E-state index in [1.165, 1.54) is 0 Å². The number of rotatable bonds is 3. The molecule has 104 valence electrons. The zero-order chi connectivity index (χ0) is 14.9. The number of halogens is 1. The molecule has 2 rings (SSSR count). The molecule has 1 amide bonds. The van der Waals surface area contributed by atoms with Gasteiger partial charge in [-0.2, -0.15) is 0 Å². The average Bonchev–Trinajstić information content (AvgIpc) is 2.66. The number of carboxylic acid groups (broad SMARTS) is 1. The minimum Gasteiger partial charge on any atom is -0.477 e. The lowest BCUT2D eigenvalue weighted by atomic mass is 10.0. The predicted octanol–water partition coefficient (Wildman–Crippen LogP) is 1.80. The van der Waals surface area contributed by atoms with Gasteiger partial charge in [-0.25, -0.2) is 9.59 Å². The Morgan fingerprint density at radius 2 is 2.10 bits per heavy atom. The maximum Gasteiger partial charge on any atom is 0.346 e. The summed E-state index contributed by atoms with van der Waals surface area (Å²) in [5, 5.41) is 11.7. The van der Waals surface area contributed by atoms with Crippen molar-refractivity contribution in [1.29, 1.82) is 0 Å². The first kappa shape index (κ1) is 14.3. The Kier molecular flexibility index (Phi) is 3.89. The van der Waals surface area contributed by atoms with Crippen LogP contribution in [0.3, 0.4) is 0 Å². The van der Waals surface area contributed by atoms with Crippen molar-refractivity contribution in [2.24, 2.45) is 0 Å². The highest BCUT2D eigenvalue weighted by Crippen LogP contribution is 2.36. The van der Waals surface area contributed by atoms with E-state index in [9.17, 15) is 19.5 Å². The van der Waals surface area contributed by atoms with Crippen LogP contribution in [0.4, 0.5) is 5.69 Å². The molecule has 1 aliphatic rings. The molecular formula is C13H10BrNO5. The molecule has 0 bridgehead atoms. The van der Waals surface area contributed by atoms with Gasteiger partial charge in [0.1, 0.15) is 0 Å². The van der Waals surface area contributed by atoms with Crippen LogP contribution in [0.5, 0.6) is 0 Å². The van der Waals surface area contributed by atoms with Crippen molar-refractivity contribution in [2.45, 2.75) is 6.92 Å². The molecule has 2 N–H and O–H groups in total. The van der Waals surface area contributed by atoms with Crippen LogP contribution in [0.15, 0.2) is 28.2 Å². The van der Waals surface area contributed by atoms with E-state index in [-0.39, 0.29) is 12.2 Å². The number of ether oxygens (including phenoxy) is 1. The lowest BCUT2D eigenvalue weighted by molar-refractivity contribution is -0.144. The van der Waals surface area contributed by atoms with Gasteiger partial charge in [-0.15, -0.1) is 0 Å². The monoisotopic (exact) mass is 339 g/mol. The molecule has 0 fully saturated rings. The van der Waals surface area contributed by atoms with Crippen molar-refractivity contribution in [3.8, 4) is 0 Å². The molecule has 0 atom stereocenters. The summed E-state index contributed by atoms with van der Waals surface area (Å²) in [6, 6.07) is 4.90. The summed E-state index contributed by atoms with van der Waals surface area (Å²) in [6.45, 7) is 1.58. The number of benzene rings is 1. The quantitative estimate of drug-likeness (QED) is 0.379. The first-order chi connectivity index (χ1) is 9.45. The first-order valence-electron chi connectivity index (χ1n) is 5.71. The highest BCUT2D eigenvalue weighted by molar-refractivity contribution is 9.10. The molecule has 0 spiro atoms. The molecule has 0 saturated heterocycles. The summed E-state index contributed by atoms with van der Waals surface area (Å²) < 4.78 is 5.37. The fourth-order valence-electron chi connectivity index (χ4n) is 1.89. The van der Waals surface area contributed by atoms with E-state index in [2.05, 4.69) is 21.2 Å². The van der Waals surface area contributed by atoms with Gasteiger partial charge in [-0.1, -0.05) is 15.9 Å². The molecule has 6 nitrogen and oxygen atoms in total. The van der Waals surface area contributed by atoms with Crippen LogP contribution in [0.25, 0.3) is 5.57 Å². The number of carbonyl (C=O) groups is 3. The summed E-state index contributed by atoms with van der Waals surface area (Å²) >= 11 is 3.24.